The van der Waals surface area contributed by atoms with Crippen molar-refractivity contribution >= 4 is 6.34 Å². The highest BCUT2D eigenvalue weighted by molar-refractivity contribution is 5.53. The molecule has 0 bridgehead atoms. The zero-order valence-electron chi connectivity index (χ0n) is 17.8. The molecule has 2 fully saturated rings. The predicted molar refractivity (Wildman–Crippen MR) is 124 cm³/mol. The predicted octanol–water partition coefficient (Wildman–Crippen LogP) is 6.53. The van der Waals surface area contributed by atoms with E-state index >= 15 is 0 Å². The van der Waals surface area contributed by atoms with Crippen molar-refractivity contribution in [1.82, 2.24) is 4.90 Å². The van der Waals surface area contributed by atoms with Gasteiger partial charge in [0.25, 0.3) is 0 Å². The van der Waals surface area contributed by atoms with E-state index in [2.05, 4.69) is 114 Å². The molecule has 0 saturated carbocycles. The van der Waals surface area contributed by atoms with Crippen LogP contribution in [0.5, 0.6) is 0 Å². The van der Waals surface area contributed by atoms with Gasteiger partial charge < -0.3 is 0 Å². The molecule has 30 heavy (non-hydrogen) atoms. The lowest BCUT2D eigenvalue weighted by Gasteiger charge is -2.25. The summed E-state index contributed by atoms with van der Waals surface area (Å²) in [4.78, 5) is 2.63. The third-order valence-electron chi connectivity index (χ3n) is 6.98. The van der Waals surface area contributed by atoms with E-state index in [1.807, 2.05) is 0 Å². The van der Waals surface area contributed by atoms with Crippen molar-refractivity contribution in [3.8, 4) is 0 Å². The summed E-state index contributed by atoms with van der Waals surface area (Å²) in [5, 5.41) is 0. The lowest BCUT2D eigenvalue weighted by Crippen LogP contribution is -2.34. The Labute approximate surface area is 180 Å². The SMILES string of the molecule is C[C@@H]1CC[C@@H](c2ccccc2)N1C=[N+]1[C@H](c2ccccc2)CC[C@H]1c1ccccc1. The summed E-state index contributed by atoms with van der Waals surface area (Å²) in [6, 6.07) is 35.0. The lowest BCUT2D eigenvalue weighted by molar-refractivity contribution is -0.590. The first-order valence-corrected chi connectivity index (χ1v) is 11.4. The molecular weight excluding hydrogens is 364 g/mol. The molecule has 2 aliphatic rings. The van der Waals surface area contributed by atoms with E-state index in [0.29, 0.717) is 24.2 Å². The molecule has 2 heterocycles. The van der Waals surface area contributed by atoms with Gasteiger partial charge in [0, 0.05) is 0 Å². The molecule has 2 nitrogen and oxygen atoms in total. The maximum absolute atomic E-state index is 2.66. The summed E-state index contributed by atoms with van der Waals surface area (Å²) in [6.45, 7) is 2.38. The van der Waals surface area contributed by atoms with Gasteiger partial charge in [0.05, 0.1) is 6.04 Å². The summed E-state index contributed by atoms with van der Waals surface area (Å²) in [5.74, 6) is 0. The highest BCUT2D eigenvalue weighted by Gasteiger charge is 2.40. The van der Waals surface area contributed by atoms with Crippen molar-refractivity contribution in [2.45, 2.75) is 56.8 Å². The Kier molecular flexibility index (Phi) is 5.40. The van der Waals surface area contributed by atoms with Gasteiger partial charge in [-0.25, -0.2) is 0 Å². The fourth-order valence-electron chi connectivity index (χ4n) is 5.39. The molecule has 3 aromatic rings. The van der Waals surface area contributed by atoms with Gasteiger partial charge in [0.1, 0.15) is 18.1 Å². The number of hydrogen-bond donors (Lipinski definition) is 0. The summed E-state index contributed by atoms with van der Waals surface area (Å²) in [7, 11) is 0. The minimum atomic E-state index is 0.431. The maximum atomic E-state index is 2.66. The fourth-order valence-corrected chi connectivity index (χ4v) is 5.39. The largest absolute Gasteiger partial charge is 0.259 e. The highest BCUT2D eigenvalue weighted by atomic mass is 15.3. The van der Waals surface area contributed by atoms with E-state index in [1.165, 1.54) is 42.4 Å². The third kappa shape index (κ3) is 3.67. The zero-order chi connectivity index (χ0) is 20.3. The molecule has 152 valence electrons. The van der Waals surface area contributed by atoms with E-state index in [-0.39, 0.29) is 0 Å². The number of hydrogen-bond acceptors (Lipinski definition) is 0. The number of nitrogens with zero attached hydrogens (tertiary/aromatic N) is 2. The molecule has 0 spiro atoms. The second-order valence-corrected chi connectivity index (χ2v) is 8.79. The van der Waals surface area contributed by atoms with Crippen LogP contribution in [0.15, 0.2) is 91.0 Å². The van der Waals surface area contributed by atoms with Crippen molar-refractivity contribution in [1.29, 1.82) is 0 Å². The fraction of sp³-hybridized carbons (Fsp3) is 0.321. The van der Waals surface area contributed by atoms with Crippen LogP contribution in [0.2, 0.25) is 0 Å². The molecule has 0 N–H and O–H groups in total. The average Bonchev–Trinajstić information content (AvgIpc) is 3.40. The Morgan fingerprint density at radius 1 is 0.633 bits per heavy atom. The quantitative estimate of drug-likeness (QED) is 0.359. The lowest BCUT2D eigenvalue weighted by atomic mass is 10.0. The Morgan fingerprint density at radius 2 is 1.10 bits per heavy atom. The smallest absolute Gasteiger partial charge is 0.235 e. The van der Waals surface area contributed by atoms with Gasteiger partial charge in [-0.1, -0.05) is 91.0 Å². The molecule has 0 amide bonds. The zero-order valence-corrected chi connectivity index (χ0v) is 17.8. The van der Waals surface area contributed by atoms with Crippen molar-refractivity contribution in [2.75, 3.05) is 0 Å². The van der Waals surface area contributed by atoms with Crippen molar-refractivity contribution in [3.63, 3.8) is 0 Å². The van der Waals surface area contributed by atoms with Crippen LogP contribution in [0.4, 0.5) is 0 Å². The standard InChI is InChI=1S/C28H31N2/c1-22-17-18-26(23-11-5-2-6-12-23)29(22)21-30-27(24-13-7-3-8-14-24)19-20-28(30)25-15-9-4-10-16-25/h2-16,21-22,26-28H,17-20H2,1H3/q+1/t22-,26+,27+,28+/m1/s1. The molecule has 0 aromatic heterocycles. The Morgan fingerprint density at radius 3 is 1.60 bits per heavy atom. The molecule has 2 aliphatic heterocycles. The Hall–Kier alpha value is -2.87. The minimum absolute atomic E-state index is 0.431. The summed E-state index contributed by atoms with van der Waals surface area (Å²) >= 11 is 0. The highest BCUT2D eigenvalue weighted by Crippen LogP contribution is 2.42. The second-order valence-electron chi connectivity index (χ2n) is 8.79. The van der Waals surface area contributed by atoms with Crippen LogP contribution >= 0.6 is 0 Å². The molecule has 2 saturated heterocycles. The first kappa shape index (κ1) is 19.1. The Balaban J connectivity index is 1.56. The van der Waals surface area contributed by atoms with E-state index in [9.17, 15) is 0 Å². The van der Waals surface area contributed by atoms with Gasteiger partial charge in [0.2, 0.25) is 6.34 Å². The average molecular weight is 396 g/mol. The van der Waals surface area contributed by atoms with Gasteiger partial charge in [-0.15, -0.1) is 0 Å². The van der Waals surface area contributed by atoms with Gasteiger partial charge in [0.15, 0.2) is 0 Å². The molecule has 5 rings (SSSR count). The monoisotopic (exact) mass is 395 g/mol. The first-order chi connectivity index (χ1) is 14.8. The van der Waals surface area contributed by atoms with Gasteiger partial charge >= 0.3 is 0 Å². The summed E-state index contributed by atoms with van der Waals surface area (Å²) in [5.41, 5.74) is 4.29. The van der Waals surface area contributed by atoms with Crippen LogP contribution in [0.3, 0.4) is 0 Å². The summed E-state index contributed by atoms with van der Waals surface area (Å²) < 4.78 is 2.66. The Bertz CT molecular complexity index is 931. The third-order valence-corrected chi connectivity index (χ3v) is 6.98. The van der Waals surface area contributed by atoms with Crippen LogP contribution in [0, 0.1) is 0 Å². The van der Waals surface area contributed by atoms with Crippen molar-refractivity contribution < 1.29 is 4.58 Å². The number of benzene rings is 3. The van der Waals surface area contributed by atoms with E-state index < -0.39 is 0 Å². The van der Waals surface area contributed by atoms with Crippen LogP contribution in [-0.4, -0.2) is 21.9 Å². The molecule has 4 atom stereocenters. The van der Waals surface area contributed by atoms with Crippen molar-refractivity contribution in [2.24, 2.45) is 0 Å². The molecule has 3 aromatic carbocycles. The molecular formula is C28H31N2+. The van der Waals surface area contributed by atoms with Crippen LogP contribution < -0.4 is 0 Å². The number of likely N-dealkylation sites (tertiary alicyclic amines) is 1. The topological polar surface area (TPSA) is 6.25 Å². The molecule has 2 heteroatoms. The normalized spacial score (nSPS) is 26.2. The van der Waals surface area contributed by atoms with E-state index in [0.717, 1.165) is 0 Å². The first-order valence-electron chi connectivity index (χ1n) is 11.4. The molecule has 0 radical (unpaired) electrons. The summed E-state index contributed by atoms with van der Waals surface area (Å²) in [6.07, 6.45) is 7.34. The van der Waals surface area contributed by atoms with Gasteiger partial charge in [-0.05, 0) is 49.3 Å². The van der Waals surface area contributed by atoms with E-state index in [4.69, 9.17) is 0 Å². The van der Waals surface area contributed by atoms with Gasteiger partial charge in [-0.2, -0.15) is 0 Å². The van der Waals surface area contributed by atoms with Crippen LogP contribution in [-0.2, 0) is 0 Å². The minimum Gasteiger partial charge on any atom is -0.259 e. The van der Waals surface area contributed by atoms with Crippen LogP contribution in [0.1, 0.15) is 67.4 Å². The van der Waals surface area contributed by atoms with E-state index in [1.54, 1.807) is 0 Å². The molecule has 0 aliphatic carbocycles. The maximum Gasteiger partial charge on any atom is 0.235 e. The van der Waals surface area contributed by atoms with Crippen LogP contribution in [0.25, 0.3) is 0 Å². The molecule has 0 unspecified atom stereocenters. The second kappa shape index (κ2) is 8.47. The van der Waals surface area contributed by atoms with Gasteiger partial charge in [-0.3, -0.25) is 9.48 Å². The number of rotatable bonds is 4. The van der Waals surface area contributed by atoms with Crippen molar-refractivity contribution in [3.05, 3.63) is 108 Å².